The Labute approximate surface area is 232 Å². The molecule has 38 heavy (non-hydrogen) atoms. The van der Waals surface area contributed by atoms with E-state index >= 15 is 0 Å². The van der Waals surface area contributed by atoms with Crippen LogP contribution in [0.1, 0.15) is 48.8 Å². The summed E-state index contributed by atoms with van der Waals surface area (Å²) in [7, 11) is 1.57. The Hall–Kier alpha value is -3.23. The molecule has 0 aliphatic carbocycles. The molecule has 7 nitrogen and oxygen atoms in total. The van der Waals surface area contributed by atoms with Crippen LogP contribution in [0.3, 0.4) is 0 Å². The highest BCUT2D eigenvalue weighted by molar-refractivity contribution is 7.17. The number of amides is 2. The number of ether oxygens (including phenoxy) is 3. The number of likely N-dealkylation sites (tertiary alicyclic amines) is 1. The van der Waals surface area contributed by atoms with Gasteiger partial charge in [-0.2, -0.15) is 0 Å². The molecule has 1 aromatic heterocycles. The Morgan fingerprint density at radius 3 is 2.34 bits per heavy atom. The molecule has 1 aliphatic rings. The molecular formula is C29H33ClN2O5S. The number of thiophene rings is 1. The van der Waals surface area contributed by atoms with Gasteiger partial charge in [0.05, 0.1) is 12.0 Å². The van der Waals surface area contributed by atoms with Crippen molar-refractivity contribution >= 4 is 40.6 Å². The molecule has 0 spiro atoms. The minimum Gasteiger partial charge on any atom is -0.493 e. The summed E-state index contributed by atoms with van der Waals surface area (Å²) in [4.78, 5) is 28.8. The molecule has 0 unspecified atom stereocenters. The van der Waals surface area contributed by atoms with Crippen LogP contribution in [0.2, 0.25) is 5.02 Å². The van der Waals surface area contributed by atoms with Crippen LogP contribution in [0.4, 0.5) is 10.5 Å². The van der Waals surface area contributed by atoms with E-state index in [9.17, 15) is 9.59 Å². The van der Waals surface area contributed by atoms with Crippen LogP contribution >= 0.6 is 22.9 Å². The Balaban J connectivity index is 1.38. The molecule has 2 heterocycles. The van der Waals surface area contributed by atoms with E-state index in [0.29, 0.717) is 53.0 Å². The maximum absolute atomic E-state index is 13.1. The first-order chi connectivity index (χ1) is 18.0. The lowest BCUT2D eigenvalue weighted by Crippen LogP contribution is -2.44. The third kappa shape index (κ3) is 6.99. The predicted molar refractivity (Wildman–Crippen MR) is 152 cm³/mol. The number of hydrogen-bond donors (Lipinski definition) is 1. The van der Waals surface area contributed by atoms with Crippen molar-refractivity contribution in [2.24, 2.45) is 0 Å². The summed E-state index contributed by atoms with van der Waals surface area (Å²) in [5.41, 5.74) is 2.01. The zero-order valence-electron chi connectivity index (χ0n) is 22.3. The van der Waals surface area contributed by atoms with Crippen LogP contribution in [-0.2, 0) is 4.74 Å². The Morgan fingerprint density at radius 2 is 1.71 bits per heavy atom. The lowest BCUT2D eigenvalue weighted by Gasteiger charge is -2.33. The SMILES string of the molecule is COc1cc(NC(=O)c2sc(-c3ccc(Cl)cc3)cc2C)ccc1OC1CCN(C(=O)OC(C)(C)C)CC1. The summed E-state index contributed by atoms with van der Waals surface area (Å²) in [6.45, 7) is 8.64. The lowest BCUT2D eigenvalue weighted by atomic mass is 10.1. The van der Waals surface area contributed by atoms with Crippen molar-refractivity contribution in [1.29, 1.82) is 0 Å². The molecule has 202 valence electrons. The third-order valence-corrected chi connectivity index (χ3v) is 7.60. The van der Waals surface area contributed by atoms with Gasteiger partial charge >= 0.3 is 6.09 Å². The first-order valence-corrected chi connectivity index (χ1v) is 13.7. The number of benzene rings is 2. The number of nitrogens with one attached hydrogen (secondary N) is 1. The number of aryl methyl sites for hydroxylation is 1. The zero-order chi connectivity index (χ0) is 27.4. The molecule has 4 rings (SSSR count). The molecule has 1 fully saturated rings. The minimum atomic E-state index is -0.518. The van der Waals surface area contributed by atoms with Crippen LogP contribution in [0.15, 0.2) is 48.5 Å². The van der Waals surface area contributed by atoms with Gasteiger partial charge < -0.3 is 24.4 Å². The average molecular weight is 557 g/mol. The van der Waals surface area contributed by atoms with Gasteiger partial charge in [0.25, 0.3) is 5.91 Å². The number of carbonyl (C=O) groups excluding carboxylic acids is 2. The fourth-order valence-electron chi connectivity index (χ4n) is 4.16. The minimum absolute atomic E-state index is 0.0527. The van der Waals surface area contributed by atoms with Crippen LogP contribution in [0.5, 0.6) is 11.5 Å². The van der Waals surface area contributed by atoms with Gasteiger partial charge in [0.15, 0.2) is 11.5 Å². The molecular weight excluding hydrogens is 524 g/mol. The summed E-state index contributed by atoms with van der Waals surface area (Å²) in [6.07, 6.45) is 1.03. The third-order valence-electron chi connectivity index (χ3n) is 6.06. The van der Waals surface area contributed by atoms with E-state index in [4.69, 9.17) is 25.8 Å². The first kappa shape index (κ1) is 27.8. The highest BCUT2D eigenvalue weighted by atomic mass is 35.5. The quantitative estimate of drug-likeness (QED) is 0.342. The van der Waals surface area contributed by atoms with Gasteiger partial charge in [0, 0.05) is 47.6 Å². The highest BCUT2D eigenvalue weighted by Crippen LogP contribution is 2.35. The fourth-order valence-corrected chi connectivity index (χ4v) is 5.36. The molecule has 2 amide bonds. The molecule has 0 bridgehead atoms. The van der Waals surface area contributed by atoms with Crippen LogP contribution in [0.25, 0.3) is 10.4 Å². The van der Waals surface area contributed by atoms with Gasteiger partial charge in [-0.25, -0.2) is 4.79 Å². The number of piperidine rings is 1. The molecule has 9 heteroatoms. The number of rotatable bonds is 6. The molecule has 1 saturated heterocycles. The normalized spacial score (nSPS) is 14.2. The zero-order valence-corrected chi connectivity index (χ0v) is 23.9. The van der Waals surface area contributed by atoms with Crippen molar-refractivity contribution in [3.8, 4) is 21.9 Å². The summed E-state index contributed by atoms with van der Waals surface area (Å²) < 4.78 is 17.2. The standard InChI is InChI=1S/C29H33ClN2O5S/c1-18-16-25(19-6-8-20(30)9-7-19)38-26(18)27(33)31-21-10-11-23(24(17-21)35-5)36-22-12-14-32(15-13-22)28(34)37-29(2,3)4/h6-11,16-17,22H,12-15H2,1-5H3,(H,31,33). The first-order valence-electron chi connectivity index (χ1n) is 12.5. The molecule has 3 aromatic rings. The van der Waals surface area contributed by atoms with E-state index in [0.717, 1.165) is 16.0 Å². The number of carbonyl (C=O) groups is 2. The monoisotopic (exact) mass is 556 g/mol. The summed E-state index contributed by atoms with van der Waals surface area (Å²) in [5.74, 6) is 0.943. The maximum Gasteiger partial charge on any atom is 0.410 e. The van der Waals surface area contributed by atoms with E-state index in [1.165, 1.54) is 11.3 Å². The van der Waals surface area contributed by atoms with Gasteiger partial charge in [0.1, 0.15) is 11.7 Å². The average Bonchev–Trinajstić information content (AvgIpc) is 3.26. The van der Waals surface area contributed by atoms with E-state index in [-0.39, 0.29) is 18.1 Å². The highest BCUT2D eigenvalue weighted by Gasteiger charge is 2.28. The maximum atomic E-state index is 13.1. The lowest BCUT2D eigenvalue weighted by molar-refractivity contribution is 0.0124. The van der Waals surface area contributed by atoms with Gasteiger partial charge in [-0.1, -0.05) is 23.7 Å². The molecule has 0 radical (unpaired) electrons. The fraction of sp³-hybridized carbons (Fsp3) is 0.379. The molecule has 0 atom stereocenters. The number of halogens is 1. The van der Waals surface area contributed by atoms with E-state index < -0.39 is 5.60 Å². The number of anilines is 1. The largest absolute Gasteiger partial charge is 0.493 e. The summed E-state index contributed by atoms with van der Waals surface area (Å²) in [5, 5.41) is 3.65. The molecule has 1 aliphatic heterocycles. The van der Waals surface area contributed by atoms with Crippen LogP contribution < -0.4 is 14.8 Å². The van der Waals surface area contributed by atoms with E-state index in [2.05, 4.69) is 5.32 Å². The summed E-state index contributed by atoms with van der Waals surface area (Å²) in [6, 6.07) is 14.9. The van der Waals surface area contributed by atoms with E-state index in [1.807, 2.05) is 58.0 Å². The molecule has 1 N–H and O–H groups in total. The van der Waals surface area contributed by atoms with Crippen molar-refractivity contribution in [2.75, 3.05) is 25.5 Å². The number of hydrogen-bond acceptors (Lipinski definition) is 6. The van der Waals surface area contributed by atoms with E-state index in [1.54, 1.807) is 30.2 Å². The smallest absolute Gasteiger partial charge is 0.410 e. The van der Waals surface area contributed by atoms with Crippen molar-refractivity contribution in [2.45, 2.75) is 52.2 Å². The van der Waals surface area contributed by atoms with Gasteiger partial charge in [-0.15, -0.1) is 11.3 Å². The van der Waals surface area contributed by atoms with Crippen LogP contribution in [0, 0.1) is 6.92 Å². The second-order valence-corrected chi connectivity index (χ2v) is 11.7. The van der Waals surface area contributed by atoms with Crippen molar-refractivity contribution in [3.63, 3.8) is 0 Å². The Morgan fingerprint density at radius 1 is 1.03 bits per heavy atom. The van der Waals surface area contributed by atoms with Crippen molar-refractivity contribution in [1.82, 2.24) is 4.90 Å². The second kappa shape index (κ2) is 11.7. The molecule has 0 saturated carbocycles. The molecule has 2 aromatic carbocycles. The van der Waals surface area contributed by atoms with Crippen LogP contribution in [-0.4, -0.2) is 48.8 Å². The van der Waals surface area contributed by atoms with Gasteiger partial charge in [-0.3, -0.25) is 4.79 Å². The van der Waals surface area contributed by atoms with Crippen molar-refractivity contribution < 1.29 is 23.8 Å². The second-order valence-electron chi connectivity index (χ2n) is 10.2. The number of methoxy groups -OCH3 is 1. The Kier molecular flexibility index (Phi) is 8.53. The van der Waals surface area contributed by atoms with Gasteiger partial charge in [-0.05, 0) is 69.2 Å². The Bertz CT molecular complexity index is 1290. The summed E-state index contributed by atoms with van der Waals surface area (Å²) >= 11 is 7.44. The predicted octanol–water partition coefficient (Wildman–Crippen LogP) is 7.42. The topological polar surface area (TPSA) is 77.1 Å². The van der Waals surface area contributed by atoms with Gasteiger partial charge in [0.2, 0.25) is 0 Å². The van der Waals surface area contributed by atoms with Crippen molar-refractivity contribution in [3.05, 3.63) is 64.0 Å². The number of nitrogens with zero attached hydrogens (tertiary/aromatic N) is 1.